The first-order valence-corrected chi connectivity index (χ1v) is 7.84. The largest absolute Gasteiger partial charge is 0.459 e. The lowest BCUT2D eigenvalue weighted by Crippen LogP contribution is -2.38. The SMILES string of the molecule is CCN(CC)C(CNC(=O)c1ccco1)c1ccc(Cl)cc1. The monoisotopic (exact) mass is 320 g/mol. The number of benzene rings is 1. The van der Waals surface area contributed by atoms with Gasteiger partial charge in [-0.2, -0.15) is 0 Å². The first-order valence-electron chi connectivity index (χ1n) is 7.46. The van der Waals surface area contributed by atoms with Gasteiger partial charge in [-0.05, 0) is 42.9 Å². The van der Waals surface area contributed by atoms with Crippen LogP contribution in [-0.2, 0) is 0 Å². The van der Waals surface area contributed by atoms with Crippen LogP contribution >= 0.6 is 11.6 Å². The molecule has 0 radical (unpaired) electrons. The van der Waals surface area contributed by atoms with Crippen LogP contribution in [0.4, 0.5) is 0 Å². The lowest BCUT2D eigenvalue weighted by atomic mass is 10.0. The molecule has 0 aliphatic heterocycles. The zero-order chi connectivity index (χ0) is 15.9. The van der Waals surface area contributed by atoms with Gasteiger partial charge in [0, 0.05) is 11.6 Å². The number of carbonyl (C=O) groups is 1. The van der Waals surface area contributed by atoms with Crippen molar-refractivity contribution in [1.82, 2.24) is 10.2 Å². The van der Waals surface area contributed by atoms with Crippen LogP contribution in [0.15, 0.2) is 47.1 Å². The molecule has 0 saturated carbocycles. The number of amides is 1. The minimum Gasteiger partial charge on any atom is -0.459 e. The number of furan rings is 1. The van der Waals surface area contributed by atoms with E-state index in [1.165, 1.54) is 6.26 Å². The van der Waals surface area contributed by atoms with Crippen LogP contribution < -0.4 is 5.32 Å². The second kappa shape index (κ2) is 8.01. The molecule has 2 aromatic rings. The average molecular weight is 321 g/mol. The van der Waals surface area contributed by atoms with Crippen LogP contribution in [0.2, 0.25) is 5.02 Å². The van der Waals surface area contributed by atoms with E-state index >= 15 is 0 Å². The maximum Gasteiger partial charge on any atom is 0.287 e. The normalized spacial score (nSPS) is 12.4. The number of rotatable bonds is 7. The summed E-state index contributed by atoms with van der Waals surface area (Å²) in [6.45, 7) is 6.55. The average Bonchev–Trinajstić information content (AvgIpc) is 3.07. The summed E-state index contributed by atoms with van der Waals surface area (Å²) in [6.07, 6.45) is 1.50. The minimum absolute atomic E-state index is 0.103. The number of likely N-dealkylation sites (N-methyl/N-ethyl adjacent to an activating group) is 1. The van der Waals surface area contributed by atoms with E-state index in [0.717, 1.165) is 18.7 Å². The molecular weight excluding hydrogens is 300 g/mol. The quantitative estimate of drug-likeness (QED) is 0.845. The molecule has 1 N–H and O–H groups in total. The van der Waals surface area contributed by atoms with Crippen molar-refractivity contribution in [1.29, 1.82) is 0 Å². The zero-order valence-electron chi connectivity index (χ0n) is 12.9. The van der Waals surface area contributed by atoms with Gasteiger partial charge >= 0.3 is 0 Å². The molecule has 0 fully saturated rings. The molecule has 0 aliphatic carbocycles. The standard InChI is InChI=1S/C17H21ClN2O2/c1-3-20(4-2)15(13-7-9-14(18)10-8-13)12-19-17(21)16-6-5-11-22-16/h5-11,15H,3-4,12H2,1-2H3,(H,19,21). The third-order valence-corrected chi connectivity index (χ3v) is 3.96. The molecule has 1 aromatic carbocycles. The fraction of sp³-hybridized carbons (Fsp3) is 0.353. The van der Waals surface area contributed by atoms with E-state index in [2.05, 4.69) is 24.1 Å². The molecular formula is C17H21ClN2O2. The lowest BCUT2D eigenvalue weighted by molar-refractivity contribution is 0.0907. The van der Waals surface area contributed by atoms with E-state index in [4.69, 9.17) is 16.0 Å². The highest BCUT2D eigenvalue weighted by molar-refractivity contribution is 6.30. The first kappa shape index (κ1) is 16.6. The zero-order valence-corrected chi connectivity index (χ0v) is 13.6. The Labute approximate surface area is 136 Å². The highest BCUT2D eigenvalue weighted by atomic mass is 35.5. The Morgan fingerprint density at radius 1 is 1.23 bits per heavy atom. The van der Waals surface area contributed by atoms with E-state index in [-0.39, 0.29) is 11.9 Å². The summed E-state index contributed by atoms with van der Waals surface area (Å²) in [5.41, 5.74) is 1.13. The number of nitrogens with zero attached hydrogens (tertiary/aromatic N) is 1. The molecule has 1 atom stereocenters. The number of carbonyl (C=O) groups excluding carboxylic acids is 1. The van der Waals surface area contributed by atoms with Crippen LogP contribution in [0.25, 0.3) is 0 Å². The van der Waals surface area contributed by atoms with Gasteiger partial charge in [0.05, 0.1) is 12.3 Å². The van der Waals surface area contributed by atoms with Gasteiger partial charge in [0.25, 0.3) is 5.91 Å². The highest BCUT2D eigenvalue weighted by Crippen LogP contribution is 2.22. The van der Waals surface area contributed by atoms with E-state index in [1.54, 1.807) is 12.1 Å². The molecule has 0 bridgehead atoms. The molecule has 2 rings (SSSR count). The molecule has 1 heterocycles. The second-order valence-corrected chi connectivity index (χ2v) is 5.41. The van der Waals surface area contributed by atoms with Gasteiger partial charge in [0.2, 0.25) is 0 Å². The Hall–Kier alpha value is -1.78. The molecule has 22 heavy (non-hydrogen) atoms. The predicted molar refractivity (Wildman–Crippen MR) is 88.2 cm³/mol. The van der Waals surface area contributed by atoms with Crippen LogP contribution in [0.1, 0.15) is 36.0 Å². The maximum atomic E-state index is 12.1. The third kappa shape index (κ3) is 4.12. The first-order chi connectivity index (χ1) is 10.7. The number of hydrogen-bond donors (Lipinski definition) is 1. The van der Waals surface area contributed by atoms with E-state index in [9.17, 15) is 4.79 Å². The van der Waals surface area contributed by atoms with Gasteiger partial charge in [0.1, 0.15) is 0 Å². The molecule has 1 aromatic heterocycles. The van der Waals surface area contributed by atoms with E-state index in [1.807, 2.05) is 24.3 Å². The van der Waals surface area contributed by atoms with E-state index < -0.39 is 0 Å². The molecule has 0 aliphatic rings. The van der Waals surface area contributed by atoms with Crippen molar-refractivity contribution in [2.24, 2.45) is 0 Å². The van der Waals surface area contributed by atoms with Crippen LogP contribution in [0.3, 0.4) is 0 Å². The number of hydrogen-bond acceptors (Lipinski definition) is 3. The second-order valence-electron chi connectivity index (χ2n) is 4.98. The number of nitrogens with one attached hydrogen (secondary N) is 1. The maximum absolute atomic E-state index is 12.1. The van der Waals surface area contributed by atoms with Gasteiger partial charge in [-0.15, -0.1) is 0 Å². The van der Waals surface area contributed by atoms with Gasteiger partial charge < -0.3 is 9.73 Å². The van der Waals surface area contributed by atoms with Crippen molar-refractivity contribution in [2.45, 2.75) is 19.9 Å². The van der Waals surface area contributed by atoms with Crippen molar-refractivity contribution in [3.05, 3.63) is 59.0 Å². The number of halogens is 1. The Bertz CT molecular complexity index is 577. The summed E-state index contributed by atoms with van der Waals surface area (Å²) in [4.78, 5) is 14.3. The van der Waals surface area contributed by atoms with Crippen LogP contribution in [0, 0.1) is 0 Å². The Kier molecular flexibility index (Phi) is 6.04. The summed E-state index contributed by atoms with van der Waals surface area (Å²) in [6, 6.07) is 11.2. The molecule has 5 heteroatoms. The van der Waals surface area contributed by atoms with Crippen LogP contribution in [0.5, 0.6) is 0 Å². The molecule has 0 spiro atoms. The van der Waals surface area contributed by atoms with Gasteiger partial charge in [-0.3, -0.25) is 9.69 Å². The molecule has 1 amide bonds. The Morgan fingerprint density at radius 2 is 1.91 bits per heavy atom. The Balaban J connectivity index is 2.11. The molecule has 118 valence electrons. The summed E-state index contributed by atoms with van der Waals surface area (Å²) in [5.74, 6) is 0.130. The summed E-state index contributed by atoms with van der Waals surface area (Å²) in [5, 5.41) is 3.65. The van der Waals surface area contributed by atoms with Crippen molar-refractivity contribution < 1.29 is 9.21 Å². The molecule has 1 unspecified atom stereocenters. The van der Waals surface area contributed by atoms with Gasteiger partial charge in [0.15, 0.2) is 5.76 Å². The van der Waals surface area contributed by atoms with Crippen molar-refractivity contribution >= 4 is 17.5 Å². The van der Waals surface area contributed by atoms with Gasteiger partial charge in [-0.1, -0.05) is 37.6 Å². The van der Waals surface area contributed by atoms with Crippen molar-refractivity contribution in [2.75, 3.05) is 19.6 Å². The van der Waals surface area contributed by atoms with E-state index in [0.29, 0.717) is 17.3 Å². The minimum atomic E-state index is -0.198. The molecule has 0 saturated heterocycles. The van der Waals surface area contributed by atoms with Gasteiger partial charge in [-0.25, -0.2) is 0 Å². The third-order valence-electron chi connectivity index (χ3n) is 3.71. The van der Waals surface area contributed by atoms with Crippen molar-refractivity contribution in [3.8, 4) is 0 Å². The van der Waals surface area contributed by atoms with Crippen molar-refractivity contribution in [3.63, 3.8) is 0 Å². The summed E-state index contributed by atoms with van der Waals surface area (Å²) < 4.78 is 5.12. The Morgan fingerprint density at radius 3 is 2.45 bits per heavy atom. The molecule has 4 nitrogen and oxygen atoms in total. The predicted octanol–water partition coefficient (Wildman–Crippen LogP) is 3.75. The lowest BCUT2D eigenvalue weighted by Gasteiger charge is -2.30. The topological polar surface area (TPSA) is 45.5 Å². The highest BCUT2D eigenvalue weighted by Gasteiger charge is 2.19. The fourth-order valence-electron chi connectivity index (χ4n) is 2.49. The summed E-state index contributed by atoms with van der Waals surface area (Å²) >= 11 is 5.96. The summed E-state index contributed by atoms with van der Waals surface area (Å²) in [7, 11) is 0. The fourth-order valence-corrected chi connectivity index (χ4v) is 2.62. The van der Waals surface area contributed by atoms with Crippen LogP contribution in [-0.4, -0.2) is 30.4 Å². The smallest absolute Gasteiger partial charge is 0.287 e.